The molecule has 2 amide bonds. The Balaban J connectivity index is 2.72. The summed E-state index contributed by atoms with van der Waals surface area (Å²) < 4.78 is 5.41. The first-order valence-electron chi connectivity index (χ1n) is 11.6. The molecule has 0 heterocycles. The number of amides is 2. The van der Waals surface area contributed by atoms with E-state index in [1.807, 2.05) is 30.3 Å². The van der Waals surface area contributed by atoms with Gasteiger partial charge in [-0.25, -0.2) is 0 Å². The standard InChI is InChI=1S/C26H38N2O5S/c1-4-6-8-14-25(31)33-17-23(19-34-18-21-12-9-7-10-13-21)28-26(32)22(11-5-2)15-24(30)27-20(3)16-29/h4-5,7,9-10,12-13,20,22-23,29H,1-2,6,8,11,14-19H2,3H3,(H,27,30)(H,28,32)/t20-,22-,23-/m1/s1. The van der Waals surface area contributed by atoms with E-state index in [9.17, 15) is 14.4 Å². The van der Waals surface area contributed by atoms with Crippen LogP contribution in [0.15, 0.2) is 55.6 Å². The molecule has 0 bridgehead atoms. The van der Waals surface area contributed by atoms with Crippen LogP contribution in [0.4, 0.5) is 0 Å². The van der Waals surface area contributed by atoms with Gasteiger partial charge in [0.25, 0.3) is 0 Å². The van der Waals surface area contributed by atoms with E-state index < -0.39 is 12.0 Å². The zero-order valence-corrected chi connectivity index (χ0v) is 20.9. The van der Waals surface area contributed by atoms with Crippen LogP contribution < -0.4 is 10.6 Å². The second-order valence-electron chi connectivity index (χ2n) is 8.15. The number of hydrogen-bond donors (Lipinski definition) is 3. The Morgan fingerprint density at radius 3 is 2.53 bits per heavy atom. The van der Waals surface area contributed by atoms with Crippen LogP contribution >= 0.6 is 11.8 Å². The number of aliphatic hydroxyl groups excluding tert-OH is 1. The number of unbranched alkanes of at least 4 members (excludes halogenated alkanes) is 1. The molecule has 7 nitrogen and oxygen atoms in total. The highest BCUT2D eigenvalue weighted by Crippen LogP contribution is 2.15. The summed E-state index contributed by atoms with van der Waals surface area (Å²) in [4.78, 5) is 37.3. The first-order valence-corrected chi connectivity index (χ1v) is 12.7. The Bertz CT molecular complexity index is 772. The average Bonchev–Trinajstić information content (AvgIpc) is 2.82. The minimum Gasteiger partial charge on any atom is -0.463 e. The summed E-state index contributed by atoms with van der Waals surface area (Å²) in [7, 11) is 0. The summed E-state index contributed by atoms with van der Waals surface area (Å²) in [6.45, 7) is 8.91. The molecule has 0 spiro atoms. The van der Waals surface area contributed by atoms with E-state index in [-0.39, 0.29) is 43.5 Å². The van der Waals surface area contributed by atoms with Crippen LogP contribution in [-0.4, -0.2) is 53.9 Å². The second kappa shape index (κ2) is 17.8. The van der Waals surface area contributed by atoms with Crippen LogP contribution in [0.2, 0.25) is 0 Å². The number of rotatable bonds is 18. The molecule has 1 aromatic carbocycles. The maximum Gasteiger partial charge on any atom is 0.305 e. The van der Waals surface area contributed by atoms with Crippen LogP contribution in [0, 0.1) is 5.92 Å². The molecule has 1 aromatic rings. The average molecular weight is 491 g/mol. The van der Waals surface area contributed by atoms with Crippen molar-refractivity contribution in [3.05, 3.63) is 61.2 Å². The van der Waals surface area contributed by atoms with E-state index in [4.69, 9.17) is 9.84 Å². The summed E-state index contributed by atoms with van der Waals surface area (Å²) in [5.41, 5.74) is 1.17. The smallest absolute Gasteiger partial charge is 0.305 e. The SMILES string of the molecule is C=CCCCC(=O)OC[C@H](CSCc1ccccc1)NC(=O)[C@H](CC=C)CC(=O)N[C@H](C)CO. The van der Waals surface area contributed by atoms with E-state index >= 15 is 0 Å². The van der Waals surface area contributed by atoms with Crippen LogP contribution in [0.25, 0.3) is 0 Å². The number of ether oxygens (including phenoxy) is 1. The minimum absolute atomic E-state index is 0.0204. The molecule has 3 N–H and O–H groups in total. The lowest BCUT2D eigenvalue weighted by Gasteiger charge is -2.22. The van der Waals surface area contributed by atoms with Crippen molar-refractivity contribution in [3.63, 3.8) is 0 Å². The largest absolute Gasteiger partial charge is 0.463 e. The third-order valence-corrected chi connectivity index (χ3v) is 6.12. The van der Waals surface area contributed by atoms with Crippen molar-refractivity contribution in [1.29, 1.82) is 0 Å². The second-order valence-corrected chi connectivity index (χ2v) is 9.18. The van der Waals surface area contributed by atoms with Gasteiger partial charge in [0.2, 0.25) is 11.8 Å². The van der Waals surface area contributed by atoms with Crippen LogP contribution in [-0.2, 0) is 24.9 Å². The summed E-state index contributed by atoms with van der Waals surface area (Å²) in [5.74, 6) is -0.206. The Morgan fingerprint density at radius 1 is 1.15 bits per heavy atom. The Labute approximate surface area is 207 Å². The normalized spacial score (nSPS) is 13.2. The topological polar surface area (TPSA) is 105 Å². The monoisotopic (exact) mass is 490 g/mol. The predicted molar refractivity (Wildman–Crippen MR) is 137 cm³/mol. The van der Waals surface area contributed by atoms with Gasteiger partial charge in [0, 0.05) is 30.4 Å². The highest BCUT2D eigenvalue weighted by Gasteiger charge is 2.24. The van der Waals surface area contributed by atoms with Gasteiger partial charge >= 0.3 is 5.97 Å². The lowest BCUT2D eigenvalue weighted by Crippen LogP contribution is -2.45. The van der Waals surface area contributed by atoms with Gasteiger partial charge < -0.3 is 20.5 Å². The number of allylic oxidation sites excluding steroid dienone is 2. The molecule has 0 aliphatic heterocycles. The number of carbonyl (C=O) groups is 3. The van der Waals surface area contributed by atoms with Crippen molar-refractivity contribution >= 4 is 29.5 Å². The van der Waals surface area contributed by atoms with E-state index in [1.54, 1.807) is 30.8 Å². The number of nitrogens with one attached hydrogen (secondary N) is 2. The van der Waals surface area contributed by atoms with Gasteiger partial charge in [-0.1, -0.05) is 42.5 Å². The molecule has 0 saturated heterocycles. The molecule has 8 heteroatoms. The van der Waals surface area contributed by atoms with E-state index in [0.29, 0.717) is 25.0 Å². The Morgan fingerprint density at radius 2 is 1.88 bits per heavy atom. The van der Waals surface area contributed by atoms with Crippen LogP contribution in [0.5, 0.6) is 0 Å². The van der Waals surface area contributed by atoms with Gasteiger partial charge in [0.15, 0.2) is 0 Å². The fourth-order valence-corrected chi connectivity index (χ4v) is 4.10. The van der Waals surface area contributed by atoms with Gasteiger partial charge in [-0.3, -0.25) is 14.4 Å². The van der Waals surface area contributed by atoms with Gasteiger partial charge in [-0.2, -0.15) is 11.8 Å². The van der Waals surface area contributed by atoms with E-state index in [1.165, 1.54) is 5.56 Å². The van der Waals surface area contributed by atoms with Gasteiger partial charge in [-0.05, 0) is 31.7 Å². The number of aliphatic hydroxyl groups is 1. The zero-order valence-electron chi connectivity index (χ0n) is 20.0. The molecule has 0 aliphatic carbocycles. The lowest BCUT2D eigenvalue weighted by atomic mass is 9.99. The minimum atomic E-state index is -0.603. The fraction of sp³-hybridized carbons (Fsp3) is 0.500. The molecular weight excluding hydrogens is 452 g/mol. The zero-order chi connectivity index (χ0) is 25.2. The molecule has 0 unspecified atom stereocenters. The molecule has 0 radical (unpaired) electrons. The molecular formula is C26H38N2O5S. The molecule has 34 heavy (non-hydrogen) atoms. The van der Waals surface area contributed by atoms with Crippen LogP contribution in [0.3, 0.4) is 0 Å². The third kappa shape index (κ3) is 13.2. The van der Waals surface area contributed by atoms with Crippen molar-refractivity contribution in [3.8, 4) is 0 Å². The van der Waals surface area contributed by atoms with Crippen molar-refractivity contribution in [2.45, 2.75) is 56.9 Å². The summed E-state index contributed by atoms with van der Waals surface area (Å²) in [6, 6.07) is 9.20. The number of hydrogen-bond acceptors (Lipinski definition) is 6. The predicted octanol–water partition coefficient (Wildman–Crippen LogP) is 3.38. The first kappa shape index (κ1) is 29.5. The van der Waals surface area contributed by atoms with Crippen LogP contribution in [0.1, 0.15) is 44.6 Å². The molecule has 0 saturated carbocycles. The van der Waals surface area contributed by atoms with Crippen molar-refractivity contribution in [1.82, 2.24) is 10.6 Å². The molecule has 0 aliphatic rings. The fourth-order valence-electron chi connectivity index (χ4n) is 3.09. The maximum absolute atomic E-state index is 13.0. The number of esters is 1. The summed E-state index contributed by atoms with van der Waals surface area (Å²) in [6.07, 6.45) is 5.38. The molecule has 0 fully saturated rings. The quantitative estimate of drug-likeness (QED) is 0.166. The van der Waals surface area contributed by atoms with Gasteiger partial charge in [0.05, 0.1) is 18.6 Å². The van der Waals surface area contributed by atoms with E-state index in [0.717, 1.165) is 12.2 Å². The summed E-state index contributed by atoms with van der Waals surface area (Å²) in [5, 5.41) is 14.7. The first-order chi connectivity index (χ1) is 16.4. The van der Waals surface area contributed by atoms with Crippen molar-refractivity contribution in [2.24, 2.45) is 5.92 Å². The van der Waals surface area contributed by atoms with E-state index in [2.05, 4.69) is 23.8 Å². The van der Waals surface area contributed by atoms with Gasteiger partial charge in [-0.15, -0.1) is 13.2 Å². The molecule has 188 valence electrons. The highest BCUT2D eigenvalue weighted by molar-refractivity contribution is 7.98. The Kier molecular flexibility index (Phi) is 15.5. The molecule has 1 rings (SSSR count). The third-order valence-electron chi connectivity index (χ3n) is 4.95. The molecule has 3 atom stereocenters. The molecule has 0 aromatic heterocycles. The maximum atomic E-state index is 13.0. The lowest BCUT2D eigenvalue weighted by molar-refractivity contribution is -0.145. The number of carbonyl (C=O) groups excluding carboxylic acids is 3. The number of benzene rings is 1. The number of thioether (sulfide) groups is 1. The Hall–Kier alpha value is -2.58. The highest BCUT2D eigenvalue weighted by atomic mass is 32.2. The van der Waals surface area contributed by atoms with Crippen molar-refractivity contribution in [2.75, 3.05) is 19.0 Å². The van der Waals surface area contributed by atoms with Gasteiger partial charge in [0.1, 0.15) is 6.61 Å². The van der Waals surface area contributed by atoms with Crippen molar-refractivity contribution < 1.29 is 24.2 Å². The summed E-state index contributed by atoms with van der Waals surface area (Å²) >= 11 is 1.63.